The molecule has 10 heteroatoms. The molecule has 3 aromatic carbocycles. The summed E-state index contributed by atoms with van der Waals surface area (Å²) >= 11 is 0. The third-order valence-corrected chi connectivity index (χ3v) is 6.95. The van der Waals surface area contributed by atoms with Gasteiger partial charge < -0.3 is 20.5 Å². The van der Waals surface area contributed by atoms with Gasteiger partial charge in [-0.1, -0.05) is 78.9 Å². The van der Waals surface area contributed by atoms with Gasteiger partial charge >= 0.3 is 12.1 Å². The molecule has 1 saturated heterocycles. The van der Waals surface area contributed by atoms with E-state index >= 15 is 0 Å². The molecule has 0 radical (unpaired) electrons. The van der Waals surface area contributed by atoms with Crippen LogP contribution >= 0.6 is 0 Å². The van der Waals surface area contributed by atoms with Crippen molar-refractivity contribution in [1.82, 2.24) is 15.5 Å². The molecule has 0 bridgehead atoms. The molecule has 4 rings (SSSR count). The Morgan fingerprint density at radius 1 is 0.907 bits per heavy atom. The number of benzene rings is 3. The number of nitrogens with one attached hydrogen (secondary N) is 3. The second-order valence-electron chi connectivity index (χ2n) is 11.4. The minimum Gasteiger partial charge on any atom is -0.444 e. The summed E-state index contributed by atoms with van der Waals surface area (Å²) < 4.78 is 5.30. The van der Waals surface area contributed by atoms with E-state index in [1.807, 2.05) is 48.5 Å². The maximum atomic E-state index is 14.1. The Balaban J connectivity index is 1.65. The van der Waals surface area contributed by atoms with Crippen LogP contribution in [0.5, 0.6) is 0 Å². The highest BCUT2D eigenvalue weighted by Crippen LogP contribution is 2.36. The quantitative estimate of drug-likeness (QED) is 0.239. The Morgan fingerprint density at radius 3 is 2.05 bits per heavy atom. The average molecular weight is 586 g/mol. The summed E-state index contributed by atoms with van der Waals surface area (Å²) in [7, 11) is 0. The molecule has 10 nitrogen and oxygen atoms in total. The molecular formula is C33H39N5O5. The van der Waals surface area contributed by atoms with E-state index in [9.17, 15) is 19.5 Å². The van der Waals surface area contributed by atoms with Crippen molar-refractivity contribution < 1.29 is 24.2 Å². The van der Waals surface area contributed by atoms with Gasteiger partial charge in [0, 0.05) is 19.5 Å². The number of carbonyl (C=O) groups is 3. The van der Waals surface area contributed by atoms with Crippen molar-refractivity contribution in [3.8, 4) is 0 Å². The van der Waals surface area contributed by atoms with Crippen LogP contribution in [0.15, 0.2) is 91.0 Å². The fourth-order valence-corrected chi connectivity index (χ4v) is 4.99. The van der Waals surface area contributed by atoms with Gasteiger partial charge in [-0.2, -0.15) is 0 Å². The Hall–Kier alpha value is -4.70. The second-order valence-corrected chi connectivity index (χ2v) is 11.4. The zero-order valence-corrected chi connectivity index (χ0v) is 24.7. The minimum absolute atomic E-state index is 0.0969. The summed E-state index contributed by atoms with van der Waals surface area (Å²) in [6, 6.07) is 25.2. The standard InChI is InChI=1S/C33H39N5O5/c1-32(2,3)43-30(40)35-21-13-20-27(28(39)36-23-25-16-9-5-10-17-25)38-31(41)37(26-18-11-6-12-19-26)29(34)33(38,42)22-24-14-7-4-8-15-24/h4-12,14-19,27,34,42H,13,20-23H2,1-3H3,(H,35,40)(H,36,39)/t27-,33-/m0/s1. The van der Waals surface area contributed by atoms with Crippen LogP contribution in [0.25, 0.3) is 0 Å². The van der Waals surface area contributed by atoms with Crippen LogP contribution in [0, 0.1) is 5.41 Å². The SMILES string of the molecule is CC(C)(C)OC(=O)NCCC[C@@H](C(=O)NCc1ccccc1)N1C(=O)N(c2ccccc2)C(=N)[C@@]1(O)Cc1ccccc1. The molecule has 0 saturated carbocycles. The zero-order chi connectivity index (χ0) is 31.0. The van der Waals surface area contributed by atoms with Gasteiger partial charge in [0.2, 0.25) is 11.6 Å². The molecule has 0 aromatic heterocycles. The highest BCUT2D eigenvalue weighted by atomic mass is 16.6. The fourth-order valence-electron chi connectivity index (χ4n) is 4.99. The van der Waals surface area contributed by atoms with E-state index in [-0.39, 0.29) is 31.8 Å². The number of amidine groups is 1. The van der Waals surface area contributed by atoms with Crippen molar-refractivity contribution in [3.05, 3.63) is 102 Å². The number of amides is 4. The van der Waals surface area contributed by atoms with Gasteiger partial charge in [0.1, 0.15) is 11.6 Å². The summed E-state index contributed by atoms with van der Waals surface area (Å²) in [5.74, 6) is -0.830. The lowest BCUT2D eigenvalue weighted by Gasteiger charge is -2.37. The van der Waals surface area contributed by atoms with Gasteiger partial charge in [-0.3, -0.25) is 15.1 Å². The number of urea groups is 1. The minimum atomic E-state index is -2.12. The number of anilines is 1. The molecular weight excluding hydrogens is 546 g/mol. The van der Waals surface area contributed by atoms with E-state index in [2.05, 4.69) is 10.6 Å². The van der Waals surface area contributed by atoms with E-state index in [0.717, 1.165) is 15.4 Å². The number of alkyl carbamates (subject to hydrolysis) is 1. The summed E-state index contributed by atoms with van der Waals surface area (Å²) in [4.78, 5) is 42.4. The first kappa shape index (κ1) is 31.2. The average Bonchev–Trinajstić information content (AvgIpc) is 3.16. The molecule has 226 valence electrons. The summed E-state index contributed by atoms with van der Waals surface area (Å²) in [5.41, 5.74) is -0.825. The zero-order valence-electron chi connectivity index (χ0n) is 24.7. The Morgan fingerprint density at radius 2 is 1.47 bits per heavy atom. The molecule has 0 spiro atoms. The van der Waals surface area contributed by atoms with Gasteiger partial charge in [0.25, 0.3) is 0 Å². The van der Waals surface area contributed by atoms with Gasteiger partial charge in [-0.15, -0.1) is 0 Å². The van der Waals surface area contributed by atoms with Crippen LogP contribution < -0.4 is 15.5 Å². The summed E-state index contributed by atoms with van der Waals surface area (Å²) in [6.45, 7) is 5.68. The van der Waals surface area contributed by atoms with E-state index in [1.165, 1.54) is 0 Å². The molecule has 1 aliphatic heterocycles. The molecule has 0 aliphatic carbocycles. The van der Waals surface area contributed by atoms with Crippen molar-refractivity contribution in [2.75, 3.05) is 11.4 Å². The summed E-state index contributed by atoms with van der Waals surface area (Å²) in [5, 5.41) is 26.8. The van der Waals surface area contributed by atoms with E-state index in [0.29, 0.717) is 17.7 Å². The summed E-state index contributed by atoms with van der Waals surface area (Å²) in [6.07, 6.45) is -0.283. The monoisotopic (exact) mass is 585 g/mol. The van der Waals surface area contributed by atoms with Crippen LogP contribution in [0.3, 0.4) is 0 Å². The first-order valence-corrected chi connectivity index (χ1v) is 14.3. The number of hydrogen-bond acceptors (Lipinski definition) is 6. The molecule has 4 amide bonds. The van der Waals surface area contributed by atoms with E-state index < -0.39 is 35.4 Å². The number of rotatable bonds is 11. The number of nitrogens with zero attached hydrogens (tertiary/aromatic N) is 2. The van der Waals surface area contributed by atoms with Gasteiger partial charge in [-0.25, -0.2) is 14.5 Å². The topological polar surface area (TPSA) is 135 Å². The maximum absolute atomic E-state index is 14.1. The van der Waals surface area contributed by atoms with Gasteiger partial charge in [0.05, 0.1) is 5.69 Å². The lowest BCUT2D eigenvalue weighted by atomic mass is 9.97. The van der Waals surface area contributed by atoms with E-state index in [4.69, 9.17) is 10.1 Å². The van der Waals surface area contributed by atoms with Gasteiger partial charge in [-0.05, 0) is 56.9 Å². The predicted molar refractivity (Wildman–Crippen MR) is 165 cm³/mol. The first-order chi connectivity index (χ1) is 20.5. The molecule has 43 heavy (non-hydrogen) atoms. The highest BCUT2D eigenvalue weighted by Gasteiger charge is 2.57. The lowest BCUT2D eigenvalue weighted by Crippen LogP contribution is -2.59. The number of carbonyl (C=O) groups excluding carboxylic acids is 3. The third-order valence-electron chi connectivity index (χ3n) is 6.95. The van der Waals surface area contributed by atoms with Crippen LogP contribution in [-0.4, -0.2) is 57.8 Å². The van der Waals surface area contributed by atoms with Crippen molar-refractivity contribution in [1.29, 1.82) is 5.41 Å². The fraction of sp³-hybridized carbons (Fsp3) is 0.333. The molecule has 1 heterocycles. The number of aliphatic hydroxyl groups is 1. The molecule has 1 aliphatic rings. The molecule has 4 N–H and O–H groups in total. The Bertz CT molecular complexity index is 1410. The number of ether oxygens (including phenoxy) is 1. The smallest absolute Gasteiger partial charge is 0.407 e. The van der Waals surface area contributed by atoms with Crippen molar-refractivity contribution in [2.45, 2.75) is 63.9 Å². The molecule has 1 fully saturated rings. The van der Waals surface area contributed by atoms with Crippen molar-refractivity contribution >= 4 is 29.6 Å². The molecule has 3 aromatic rings. The van der Waals surface area contributed by atoms with Crippen molar-refractivity contribution in [3.63, 3.8) is 0 Å². The lowest BCUT2D eigenvalue weighted by molar-refractivity contribution is -0.131. The normalized spacial score (nSPS) is 17.5. The Labute approximate surface area is 252 Å². The van der Waals surface area contributed by atoms with Crippen LogP contribution in [0.1, 0.15) is 44.7 Å². The number of para-hydroxylation sites is 1. The van der Waals surface area contributed by atoms with Crippen LogP contribution in [0.4, 0.5) is 15.3 Å². The Kier molecular flexibility index (Phi) is 9.82. The highest BCUT2D eigenvalue weighted by molar-refractivity contribution is 6.24. The van der Waals surface area contributed by atoms with Crippen LogP contribution in [-0.2, 0) is 22.5 Å². The van der Waals surface area contributed by atoms with Gasteiger partial charge in [0.15, 0.2) is 5.84 Å². The predicted octanol–water partition coefficient (Wildman–Crippen LogP) is 4.83. The molecule has 0 unspecified atom stereocenters. The largest absolute Gasteiger partial charge is 0.444 e. The number of hydrogen-bond donors (Lipinski definition) is 4. The third kappa shape index (κ3) is 7.78. The van der Waals surface area contributed by atoms with Crippen molar-refractivity contribution in [2.24, 2.45) is 0 Å². The maximum Gasteiger partial charge on any atom is 0.407 e. The first-order valence-electron chi connectivity index (χ1n) is 14.3. The second kappa shape index (κ2) is 13.5. The van der Waals surface area contributed by atoms with Crippen LogP contribution in [0.2, 0.25) is 0 Å². The van der Waals surface area contributed by atoms with E-state index in [1.54, 1.807) is 63.2 Å². The molecule has 2 atom stereocenters.